The van der Waals surface area contributed by atoms with Gasteiger partial charge in [0.15, 0.2) is 0 Å². The van der Waals surface area contributed by atoms with E-state index in [-0.39, 0.29) is 13.2 Å². The second kappa shape index (κ2) is 3.64. The molecule has 0 radical (unpaired) electrons. The first-order valence-electron chi connectivity index (χ1n) is 5.61. The van der Waals surface area contributed by atoms with Crippen LogP contribution in [0.15, 0.2) is 0 Å². The minimum absolute atomic E-state index is 0.225. The third-order valence-electron chi connectivity index (χ3n) is 3.04. The summed E-state index contributed by atoms with van der Waals surface area (Å²) in [4.78, 5) is 0. The zero-order chi connectivity index (χ0) is 12.8. The SMILES string of the molecule is CC(C)(C)C(F)(F)C1(C(C)(C)C)OCCO1. The molecule has 4 heteroatoms. The molecule has 0 N–H and O–H groups in total. The number of rotatable bonds is 1. The van der Waals surface area contributed by atoms with Crippen molar-refractivity contribution in [2.75, 3.05) is 13.2 Å². The monoisotopic (exact) mass is 236 g/mol. The maximum atomic E-state index is 14.5. The van der Waals surface area contributed by atoms with Crippen molar-refractivity contribution in [2.24, 2.45) is 10.8 Å². The van der Waals surface area contributed by atoms with Crippen LogP contribution in [0.2, 0.25) is 0 Å². The van der Waals surface area contributed by atoms with E-state index < -0.39 is 22.5 Å². The third kappa shape index (κ3) is 1.76. The van der Waals surface area contributed by atoms with Gasteiger partial charge in [-0.15, -0.1) is 0 Å². The fourth-order valence-electron chi connectivity index (χ4n) is 1.99. The van der Waals surface area contributed by atoms with Gasteiger partial charge in [0.2, 0.25) is 5.79 Å². The Morgan fingerprint density at radius 2 is 1.25 bits per heavy atom. The van der Waals surface area contributed by atoms with E-state index in [1.807, 2.05) is 0 Å². The summed E-state index contributed by atoms with van der Waals surface area (Å²) in [5.41, 5.74) is -1.98. The molecule has 1 aliphatic rings. The van der Waals surface area contributed by atoms with Crippen LogP contribution in [-0.4, -0.2) is 24.9 Å². The van der Waals surface area contributed by atoms with Crippen LogP contribution in [0, 0.1) is 10.8 Å². The maximum absolute atomic E-state index is 14.5. The van der Waals surface area contributed by atoms with Crippen molar-refractivity contribution < 1.29 is 18.3 Å². The van der Waals surface area contributed by atoms with E-state index in [9.17, 15) is 8.78 Å². The standard InChI is InChI=1S/C12H22F2O2/c1-9(2,3)11(13,14)12(10(4,5)6)15-7-8-16-12/h7-8H2,1-6H3. The van der Waals surface area contributed by atoms with Gasteiger partial charge >= 0.3 is 5.92 Å². The van der Waals surface area contributed by atoms with E-state index in [0.717, 1.165) is 0 Å². The molecule has 0 atom stereocenters. The molecule has 0 aromatic rings. The van der Waals surface area contributed by atoms with Gasteiger partial charge in [-0.2, -0.15) is 0 Å². The van der Waals surface area contributed by atoms with Gasteiger partial charge in [-0.25, -0.2) is 8.78 Å². The number of halogens is 2. The highest BCUT2D eigenvalue weighted by atomic mass is 19.3. The van der Waals surface area contributed by atoms with Crippen molar-refractivity contribution in [3.63, 3.8) is 0 Å². The van der Waals surface area contributed by atoms with E-state index >= 15 is 0 Å². The van der Waals surface area contributed by atoms with Crippen LogP contribution in [0.5, 0.6) is 0 Å². The molecule has 0 aromatic carbocycles. The highest BCUT2D eigenvalue weighted by Crippen LogP contribution is 2.55. The first-order chi connectivity index (χ1) is 6.96. The molecule has 1 aliphatic heterocycles. The van der Waals surface area contributed by atoms with Gasteiger partial charge in [-0.1, -0.05) is 41.5 Å². The average Bonchev–Trinajstić information content (AvgIpc) is 2.48. The Labute approximate surface area is 96.3 Å². The fourth-order valence-corrected chi connectivity index (χ4v) is 1.99. The molecule has 0 saturated carbocycles. The molecular formula is C12H22F2O2. The molecule has 2 nitrogen and oxygen atoms in total. The molecule has 0 aromatic heterocycles. The van der Waals surface area contributed by atoms with Crippen LogP contribution in [0.3, 0.4) is 0 Å². The lowest BCUT2D eigenvalue weighted by Crippen LogP contribution is -2.63. The summed E-state index contributed by atoms with van der Waals surface area (Å²) in [6.07, 6.45) is 0. The van der Waals surface area contributed by atoms with E-state index in [0.29, 0.717) is 0 Å². The van der Waals surface area contributed by atoms with Crippen molar-refractivity contribution >= 4 is 0 Å². The molecule has 1 fully saturated rings. The molecule has 1 heterocycles. The predicted octanol–water partition coefficient (Wildman–Crippen LogP) is 3.46. The Morgan fingerprint density at radius 3 is 1.50 bits per heavy atom. The highest BCUT2D eigenvalue weighted by Gasteiger charge is 2.69. The normalized spacial score (nSPS) is 22.5. The lowest BCUT2D eigenvalue weighted by Gasteiger charge is -2.49. The second-order valence-corrected chi connectivity index (χ2v) is 6.39. The van der Waals surface area contributed by atoms with Gasteiger partial charge in [0, 0.05) is 10.8 Å². The van der Waals surface area contributed by atoms with Crippen molar-refractivity contribution in [3.05, 3.63) is 0 Å². The number of hydrogen-bond donors (Lipinski definition) is 0. The average molecular weight is 236 g/mol. The number of hydrogen-bond acceptors (Lipinski definition) is 2. The van der Waals surface area contributed by atoms with Crippen LogP contribution >= 0.6 is 0 Å². The van der Waals surface area contributed by atoms with Gasteiger partial charge in [0.05, 0.1) is 13.2 Å². The van der Waals surface area contributed by atoms with Gasteiger partial charge in [-0.3, -0.25) is 0 Å². The van der Waals surface area contributed by atoms with Gasteiger partial charge in [0.1, 0.15) is 0 Å². The first-order valence-corrected chi connectivity index (χ1v) is 5.61. The van der Waals surface area contributed by atoms with E-state index in [1.165, 1.54) is 20.8 Å². The smallest absolute Gasteiger partial charge is 0.306 e. The van der Waals surface area contributed by atoms with Gasteiger partial charge in [-0.05, 0) is 0 Å². The summed E-state index contributed by atoms with van der Waals surface area (Å²) in [6, 6.07) is 0. The molecule has 0 amide bonds. The van der Waals surface area contributed by atoms with E-state index in [4.69, 9.17) is 9.47 Å². The van der Waals surface area contributed by atoms with Gasteiger partial charge < -0.3 is 9.47 Å². The topological polar surface area (TPSA) is 18.5 Å². The quantitative estimate of drug-likeness (QED) is 0.694. The predicted molar refractivity (Wildman–Crippen MR) is 58.5 cm³/mol. The summed E-state index contributed by atoms with van der Waals surface area (Å²) >= 11 is 0. The van der Waals surface area contributed by atoms with E-state index in [1.54, 1.807) is 20.8 Å². The molecule has 0 spiro atoms. The minimum atomic E-state index is -3.05. The lowest BCUT2D eigenvalue weighted by atomic mass is 9.72. The summed E-state index contributed by atoms with van der Waals surface area (Å²) in [7, 11) is 0. The van der Waals surface area contributed by atoms with Crippen LogP contribution in [0.4, 0.5) is 8.78 Å². The molecule has 0 unspecified atom stereocenters. The Bertz CT molecular complexity index is 255. The van der Waals surface area contributed by atoms with Crippen LogP contribution < -0.4 is 0 Å². The van der Waals surface area contributed by atoms with Crippen LogP contribution in [0.25, 0.3) is 0 Å². The summed E-state index contributed by atoms with van der Waals surface area (Å²) < 4.78 is 39.7. The molecule has 0 bridgehead atoms. The molecule has 96 valence electrons. The van der Waals surface area contributed by atoms with Crippen LogP contribution in [-0.2, 0) is 9.47 Å². The Balaban J connectivity index is 3.23. The largest absolute Gasteiger partial charge is 0.342 e. The molecule has 0 aliphatic carbocycles. The summed E-state index contributed by atoms with van der Waals surface area (Å²) in [5, 5.41) is 0. The van der Waals surface area contributed by atoms with Crippen molar-refractivity contribution in [1.82, 2.24) is 0 Å². The van der Waals surface area contributed by atoms with Crippen molar-refractivity contribution in [2.45, 2.75) is 53.3 Å². The van der Waals surface area contributed by atoms with Gasteiger partial charge in [0.25, 0.3) is 0 Å². The zero-order valence-electron chi connectivity index (χ0n) is 11.0. The number of alkyl halides is 2. The maximum Gasteiger partial charge on any atom is 0.306 e. The Morgan fingerprint density at radius 1 is 0.875 bits per heavy atom. The fraction of sp³-hybridized carbons (Fsp3) is 1.00. The van der Waals surface area contributed by atoms with Crippen molar-refractivity contribution in [3.8, 4) is 0 Å². The second-order valence-electron chi connectivity index (χ2n) is 6.39. The molecule has 1 rings (SSSR count). The number of ether oxygens (including phenoxy) is 2. The molecule has 16 heavy (non-hydrogen) atoms. The Hall–Kier alpha value is -0.220. The third-order valence-corrected chi connectivity index (χ3v) is 3.04. The van der Waals surface area contributed by atoms with E-state index in [2.05, 4.69) is 0 Å². The van der Waals surface area contributed by atoms with Crippen molar-refractivity contribution in [1.29, 1.82) is 0 Å². The lowest BCUT2D eigenvalue weighted by molar-refractivity contribution is -0.361. The Kier molecular flexibility index (Phi) is 3.15. The molecule has 1 saturated heterocycles. The van der Waals surface area contributed by atoms with Crippen LogP contribution in [0.1, 0.15) is 41.5 Å². The highest BCUT2D eigenvalue weighted by molar-refractivity contribution is 5.03. The summed E-state index contributed by atoms with van der Waals surface area (Å²) in [6.45, 7) is 10.1. The summed E-state index contributed by atoms with van der Waals surface area (Å²) in [5.74, 6) is -4.87. The zero-order valence-corrected chi connectivity index (χ0v) is 11.0. The molecular weight excluding hydrogens is 214 g/mol. The first kappa shape index (κ1) is 13.8. The minimum Gasteiger partial charge on any atom is -0.342 e.